The summed E-state index contributed by atoms with van der Waals surface area (Å²) in [6, 6.07) is 9.98. The summed E-state index contributed by atoms with van der Waals surface area (Å²) < 4.78 is 0. The van der Waals surface area contributed by atoms with Crippen molar-refractivity contribution in [3.05, 3.63) is 66.5 Å². The van der Waals surface area contributed by atoms with Crippen molar-refractivity contribution in [3.8, 4) is 11.4 Å². The highest BCUT2D eigenvalue weighted by Crippen LogP contribution is 2.29. The summed E-state index contributed by atoms with van der Waals surface area (Å²) in [5.74, 6) is 0. The second kappa shape index (κ2) is 4.34. The van der Waals surface area contributed by atoms with Gasteiger partial charge >= 0.3 is 0 Å². The number of allylic oxidation sites excluding steroid dienone is 4. The minimum atomic E-state index is 0.927. The van der Waals surface area contributed by atoms with Gasteiger partial charge in [-0.25, -0.2) is 0 Å². The predicted molar refractivity (Wildman–Crippen MR) is 69.2 cm³/mol. The fourth-order valence-corrected chi connectivity index (χ4v) is 2.02. The Morgan fingerprint density at radius 1 is 0.941 bits per heavy atom. The van der Waals surface area contributed by atoms with Gasteiger partial charge in [0, 0.05) is 18.0 Å². The maximum Gasteiger partial charge on any atom is 0.0961 e. The fourth-order valence-electron chi connectivity index (χ4n) is 2.02. The Bertz CT molecular complexity index is 583. The van der Waals surface area contributed by atoms with Gasteiger partial charge in [0.05, 0.1) is 11.4 Å². The number of aromatic nitrogens is 2. The molecule has 0 atom stereocenters. The van der Waals surface area contributed by atoms with Crippen LogP contribution in [0.25, 0.3) is 17.0 Å². The Morgan fingerprint density at radius 2 is 1.88 bits per heavy atom. The lowest BCUT2D eigenvalue weighted by molar-refractivity contribution is 1.23. The maximum absolute atomic E-state index is 4.46. The molecule has 2 aromatic rings. The van der Waals surface area contributed by atoms with Crippen LogP contribution in [0.2, 0.25) is 0 Å². The van der Waals surface area contributed by atoms with E-state index < -0.39 is 0 Å². The Morgan fingerprint density at radius 3 is 2.65 bits per heavy atom. The topological polar surface area (TPSA) is 25.8 Å². The summed E-state index contributed by atoms with van der Waals surface area (Å²) in [4.78, 5) is 8.83. The molecule has 0 saturated heterocycles. The summed E-state index contributed by atoms with van der Waals surface area (Å²) in [7, 11) is 0. The van der Waals surface area contributed by atoms with E-state index in [0.29, 0.717) is 0 Å². The standard InChI is InChI=1S/C15H12N2/c1-2-7-12(6-1)13-8-5-11-17-15(13)14-9-3-4-10-16-14/h1-6,8-11H,7H2. The minimum absolute atomic E-state index is 0.927. The normalized spacial score (nSPS) is 13.8. The number of hydrogen-bond donors (Lipinski definition) is 0. The van der Waals surface area contributed by atoms with Gasteiger partial charge in [-0.2, -0.15) is 0 Å². The highest BCUT2D eigenvalue weighted by atomic mass is 14.8. The van der Waals surface area contributed by atoms with Crippen LogP contribution in [-0.2, 0) is 0 Å². The van der Waals surface area contributed by atoms with Crippen molar-refractivity contribution >= 4 is 5.57 Å². The van der Waals surface area contributed by atoms with Crippen molar-refractivity contribution in [3.63, 3.8) is 0 Å². The number of rotatable bonds is 2. The third-order valence-electron chi connectivity index (χ3n) is 2.83. The van der Waals surface area contributed by atoms with Crippen molar-refractivity contribution in [2.75, 3.05) is 0 Å². The SMILES string of the molecule is C1=CCC(c2cccnc2-c2ccccn2)=C1. The van der Waals surface area contributed by atoms with E-state index in [0.717, 1.165) is 17.8 Å². The molecule has 0 spiro atoms. The average molecular weight is 220 g/mol. The molecule has 1 aliphatic rings. The van der Waals surface area contributed by atoms with Crippen molar-refractivity contribution in [2.24, 2.45) is 0 Å². The molecule has 0 bridgehead atoms. The predicted octanol–water partition coefficient (Wildman–Crippen LogP) is 3.49. The molecule has 0 N–H and O–H groups in total. The van der Waals surface area contributed by atoms with E-state index in [9.17, 15) is 0 Å². The van der Waals surface area contributed by atoms with Crippen molar-refractivity contribution in [1.29, 1.82) is 0 Å². The van der Waals surface area contributed by atoms with E-state index in [1.54, 1.807) is 6.20 Å². The van der Waals surface area contributed by atoms with Crippen LogP contribution in [0.4, 0.5) is 0 Å². The van der Waals surface area contributed by atoms with Crippen LogP contribution in [0, 0.1) is 0 Å². The summed E-state index contributed by atoms with van der Waals surface area (Å²) >= 11 is 0. The van der Waals surface area contributed by atoms with Gasteiger partial charge in [-0.3, -0.25) is 9.97 Å². The van der Waals surface area contributed by atoms with Gasteiger partial charge in [0.15, 0.2) is 0 Å². The lowest BCUT2D eigenvalue weighted by Gasteiger charge is -2.08. The second-order valence-corrected chi connectivity index (χ2v) is 3.94. The van der Waals surface area contributed by atoms with Crippen LogP contribution in [0.3, 0.4) is 0 Å². The molecule has 2 nitrogen and oxygen atoms in total. The van der Waals surface area contributed by atoms with Gasteiger partial charge in [0.1, 0.15) is 0 Å². The largest absolute Gasteiger partial charge is 0.255 e. The lowest BCUT2D eigenvalue weighted by Crippen LogP contribution is -1.93. The fraction of sp³-hybridized carbons (Fsp3) is 0.0667. The van der Waals surface area contributed by atoms with Crippen LogP contribution in [0.15, 0.2) is 61.0 Å². The highest BCUT2D eigenvalue weighted by molar-refractivity contribution is 5.80. The molecule has 1 aliphatic carbocycles. The number of hydrogen-bond acceptors (Lipinski definition) is 2. The summed E-state index contributed by atoms with van der Waals surface area (Å²) in [5.41, 5.74) is 4.37. The number of pyridine rings is 2. The second-order valence-electron chi connectivity index (χ2n) is 3.94. The quantitative estimate of drug-likeness (QED) is 0.774. The molecule has 82 valence electrons. The minimum Gasteiger partial charge on any atom is -0.255 e. The molecule has 0 aromatic carbocycles. The Kier molecular flexibility index (Phi) is 2.54. The van der Waals surface area contributed by atoms with Crippen LogP contribution in [0.1, 0.15) is 12.0 Å². The molecule has 17 heavy (non-hydrogen) atoms. The molecule has 2 heterocycles. The molecule has 2 aromatic heterocycles. The van der Waals surface area contributed by atoms with Gasteiger partial charge in [-0.05, 0) is 30.2 Å². The first kappa shape index (κ1) is 9.97. The Balaban J connectivity index is 2.11. The van der Waals surface area contributed by atoms with Crippen LogP contribution < -0.4 is 0 Å². The molecule has 0 unspecified atom stereocenters. The Labute approximate surface area is 100 Å². The van der Waals surface area contributed by atoms with E-state index in [2.05, 4.69) is 34.3 Å². The van der Waals surface area contributed by atoms with E-state index >= 15 is 0 Å². The van der Waals surface area contributed by atoms with E-state index in [1.165, 1.54) is 11.1 Å². The van der Waals surface area contributed by atoms with Crippen LogP contribution >= 0.6 is 0 Å². The zero-order chi connectivity index (χ0) is 11.5. The maximum atomic E-state index is 4.46. The lowest BCUT2D eigenvalue weighted by atomic mass is 10.0. The van der Waals surface area contributed by atoms with Gasteiger partial charge in [-0.1, -0.05) is 30.4 Å². The van der Waals surface area contributed by atoms with Gasteiger partial charge in [0.2, 0.25) is 0 Å². The van der Waals surface area contributed by atoms with Gasteiger partial charge < -0.3 is 0 Å². The average Bonchev–Trinajstić information content (AvgIpc) is 2.94. The molecule has 0 fully saturated rings. The zero-order valence-electron chi connectivity index (χ0n) is 9.38. The third kappa shape index (κ3) is 1.89. The van der Waals surface area contributed by atoms with Gasteiger partial charge in [0.25, 0.3) is 0 Å². The smallest absolute Gasteiger partial charge is 0.0961 e. The first-order chi connectivity index (χ1) is 8.45. The summed E-state index contributed by atoms with van der Waals surface area (Å²) in [6.45, 7) is 0. The van der Waals surface area contributed by atoms with E-state index in [4.69, 9.17) is 0 Å². The highest BCUT2D eigenvalue weighted by Gasteiger charge is 2.11. The first-order valence-corrected chi connectivity index (χ1v) is 5.67. The molecular formula is C15H12N2. The third-order valence-corrected chi connectivity index (χ3v) is 2.83. The Hall–Kier alpha value is -2.22. The molecule has 0 radical (unpaired) electrons. The molecule has 0 amide bonds. The molecular weight excluding hydrogens is 208 g/mol. The molecule has 0 aliphatic heterocycles. The van der Waals surface area contributed by atoms with E-state index in [1.807, 2.05) is 30.5 Å². The van der Waals surface area contributed by atoms with Crippen molar-refractivity contribution in [1.82, 2.24) is 9.97 Å². The molecule has 2 heteroatoms. The number of nitrogens with zero attached hydrogens (tertiary/aromatic N) is 2. The molecule has 0 saturated carbocycles. The zero-order valence-corrected chi connectivity index (χ0v) is 9.38. The summed E-state index contributed by atoms with van der Waals surface area (Å²) in [6.07, 6.45) is 11.0. The van der Waals surface area contributed by atoms with Gasteiger partial charge in [-0.15, -0.1) is 0 Å². The van der Waals surface area contributed by atoms with Crippen molar-refractivity contribution in [2.45, 2.75) is 6.42 Å². The first-order valence-electron chi connectivity index (χ1n) is 5.67. The van der Waals surface area contributed by atoms with E-state index in [-0.39, 0.29) is 0 Å². The summed E-state index contributed by atoms with van der Waals surface area (Å²) in [5, 5.41) is 0. The monoisotopic (exact) mass is 220 g/mol. The van der Waals surface area contributed by atoms with Crippen LogP contribution in [0.5, 0.6) is 0 Å². The molecule has 3 rings (SSSR count). The van der Waals surface area contributed by atoms with Crippen molar-refractivity contribution < 1.29 is 0 Å². The van der Waals surface area contributed by atoms with Crippen LogP contribution in [-0.4, -0.2) is 9.97 Å².